The van der Waals surface area contributed by atoms with E-state index < -0.39 is 16.0 Å². The molecular weight excluding hydrogens is 304 g/mol. The number of sulfonamides is 1. The first-order chi connectivity index (χ1) is 9.33. The number of aryl methyl sites for hydroxylation is 1. The monoisotopic (exact) mass is 320 g/mol. The normalized spacial score (nSPS) is 19.2. The summed E-state index contributed by atoms with van der Waals surface area (Å²) in [5, 5.41) is 9.29. The standard InChI is InChI=1S/C11H16N2O5S2/c1-7-9(11(14)15)10(19-12-7)13(2)20(16,17)6-8-4-3-5-18-8/h8H,3-6H2,1-2H3,(H,14,15). The van der Waals surface area contributed by atoms with Gasteiger partial charge in [-0.15, -0.1) is 0 Å². The second kappa shape index (κ2) is 5.66. The summed E-state index contributed by atoms with van der Waals surface area (Å²) in [5.74, 6) is -1.31. The van der Waals surface area contributed by atoms with E-state index >= 15 is 0 Å². The summed E-state index contributed by atoms with van der Waals surface area (Å²) in [7, 11) is -2.27. The van der Waals surface area contributed by atoms with E-state index in [1.165, 1.54) is 7.05 Å². The van der Waals surface area contributed by atoms with Gasteiger partial charge in [-0.3, -0.25) is 4.31 Å². The van der Waals surface area contributed by atoms with Crippen LogP contribution in [0.15, 0.2) is 0 Å². The first kappa shape index (κ1) is 15.2. The van der Waals surface area contributed by atoms with Crippen LogP contribution >= 0.6 is 11.5 Å². The third-order valence-corrected chi connectivity index (χ3v) is 6.12. The SMILES string of the molecule is Cc1nsc(N(C)S(=O)(=O)CC2CCCO2)c1C(=O)O. The van der Waals surface area contributed by atoms with Gasteiger partial charge in [-0.25, -0.2) is 13.2 Å². The van der Waals surface area contributed by atoms with Crippen LogP contribution in [0, 0.1) is 6.92 Å². The third kappa shape index (κ3) is 2.94. The number of hydrogen-bond donors (Lipinski definition) is 1. The van der Waals surface area contributed by atoms with Crippen molar-refractivity contribution in [3.8, 4) is 0 Å². The summed E-state index contributed by atoms with van der Waals surface area (Å²) in [6.45, 7) is 2.12. The fraction of sp³-hybridized carbons (Fsp3) is 0.636. The Morgan fingerprint density at radius 2 is 2.30 bits per heavy atom. The van der Waals surface area contributed by atoms with Gasteiger partial charge in [0.2, 0.25) is 10.0 Å². The van der Waals surface area contributed by atoms with Crippen LogP contribution in [0.3, 0.4) is 0 Å². The summed E-state index contributed by atoms with van der Waals surface area (Å²) in [6.07, 6.45) is 1.24. The third-order valence-electron chi connectivity index (χ3n) is 3.18. The molecule has 7 nitrogen and oxygen atoms in total. The van der Waals surface area contributed by atoms with E-state index in [1.807, 2.05) is 0 Å². The Hall–Kier alpha value is -1.19. The minimum atomic E-state index is -3.62. The fourth-order valence-electron chi connectivity index (χ4n) is 2.07. The molecule has 0 aromatic carbocycles. The van der Waals surface area contributed by atoms with Crippen molar-refractivity contribution in [3.05, 3.63) is 11.3 Å². The zero-order chi connectivity index (χ0) is 14.9. The van der Waals surface area contributed by atoms with Gasteiger partial charge < -0.3 is 9.84 Å². The molecule has 2 heterocycles. The molecule has 1 saturated heterocycles. The Morgan fingerprint density at radius 3 is 2.85 bits per heavy atom. The minimum Gasteiger partial charge on any atom is -0.478 e. The molecule has 9 heteroatoms. The molecule has 1 unspecified atom stereocenters. The van der Waals surface area contributed by atoms with Gasteiger partial charge in [0, 0.05) is 13.7 Å². The highest BCUT2D eigenvalue weighted by Gasteiger charge is 2.31. The maximum Gasteiger partial charge on any atom is 0.340 e. The Bertz CT molecular complexity index is 604. The van der Waals surface area contributed by atoms with Gasteiger partial charge in [0.15, 0.2) is 0 Å². The van der Waals surface area contributed by atoms with Crippen LogP contribution in [0.25, 0.3) is 0 Å². The lowest BCUT2D eigenvalue weighted by Gasteiger charge is -2.20. The molecule has 1 aliphatic rings. The predicted molar refractivity (Wildman–Crippen MR) is 75.0 cm³/mol. The molecule has 112 valence electrons. The largest absolute Gasteiger partial charge is 0.478 e. The Labute approximate surface area is 121 Å². The molecule has 0 saturated carbocycles. The van der Waals surface area contributed by atoms with E-state index in [0.29, 0.717) is 18.7 Å². The van der Waals surface area contributed by atoms with Gasteiger partial charge in [-0.1, -0.05) is 0 Å². The number of nitrogens with zero attached hydrogens (tertiary/aromatic N) is 2. The molecule has 0 aliphatic carbocycles. The summed E-state index contributed by atoms with van der Waals surface area (Å²) < 4.78 is 34.9. The Balaban J connectivity index is 2.25. The zero-order valence-electron chi connectivity index (χ0n) is 11.2. The highest BCUT2D eigenvalue weighted by Crippen LogP contribution is 2.30. The van der Waals surface area contributed by atoms with E-state index in [0.717, 1.165) is 22.3 Å². The average Bonchev–Trinajstić information content (AvgIpc) is 2.96. The van der Waals surface area contributed by atoms with Crippen molar-refractivity contribution in [2.45, 2.75) is 25.9 Å². The Morgan fingerprint density at radius 1 is 1.60 bits per heavy atom. The molecule has 1 atom stereocenters. The van der Waals surface area contributed by atoms with Gasteiger partial charge in [-0.05, 0) is 31.3 Å². The maximum atomic E-state index is 12.3. The second-order valence-electron chi connectivity index (χ2n) is 4.63. The van der Waals surface area contributed by atoms with Gasteiger partial charge in [0.1, 0.15) is 10.6 Å². The number of carboxylic acids is 1. The van der Waals surface area contributed by atoms with Crippen molar-refractivity contribution >= 4 is 32.5 Å². The van der Waals surface area contributed by atoms with Crippen LogP contribution in [-0.4, -0.2) is 49.4 Å². The Kier molecular flexibility index (Phi) is 4.31. The van der Waals surface area contributed by atoms with Crippen molar-refractivity contribution in [2.75, 3.05) is 23.7 Å². The number of ether oxygens (including phenoxy) is 1. The molecule has 1 aromatic rings. The smallest absolute Gasteiger partial charge is 0.340 e. The lowest BCUT2D eigenvalue weighted by atomic mass is 10.2. The highest BCUT2D eigenvalue weighted by molar-refractivity contribution is 7.93. The highest BCUT2D eigenvalue weighted by atomic mass is 32.2. The molecule has 1 aromatic heterocycles. The average molecular weight is 320 g/mol. The van der Waals surface area contributed by atoms with Crippen LogP contribution in [0.5, 0.6) is 0 Å². The van der Waals surface area contributed by atoms with Crippen molar-refractivity contribution in [3.63, 3.8) is 0 Å². The molecule has 1 N–H and O–H groups in total. The van der Waals surface area contributed by atoms with Crippen LogP contribution in [0.2, 0.25) is 0 Å². The molecule has 0 amide bonds. The van der Waals surface area contributed by atoms with E-state index in [2.05, 4.69) is 4.37 Å². The van der Waals surface area contributed by atoms with Crippen molar-refractivity contribution in [1.82, 2.24) is 4.37 Å². The topological polar surface area (TPSA) is 96.8 Å². The summed E-state index contributed by atoms with van der Waals surface area (Å²) >= 11 is 0.872. The number of rotatable bonds is 5. The summed E-state index contributed by atoms with van der Waals surface area (Å²) in [4.78, 5) is 11.2. The van der Waals surface area contributed by atoms with Crippen LogP contribution < -0.4 is 4.31 Å². The minimum absolute atomic E-state index is 0.0617. The van der Waals surface area contributed by atoms with E-state index in [4.69, 9.17) is 9.84 Å². The summed E-state index contributed by atoms with van der Waals surface area (Å²) in [6, 6.07) is 0. The molecule has 0 bridgehead atoms. The van der Waals surface area contributed by atoms with E-state index in [-0.39, 0.29) is 22.4 Å². The number of anilines is 1. The lowest BCUT2D eigenvalue weighted by Crippen LogP contribution is -2.34. The van der Waals surface area contributed by atoms with E-state index in [9.17, 15) is 13.2 Å². The number of carbonyl (C=O) groups is 1. The van der Waals surface area contributed by atoms with Gasteiger partial charge in [0.05, 0.1) is 17.6 Å². The number of carboxylic acid groups (broad SMARTS) is 1. The van der Waals surface area contributed by atoms with Crippen LogP contribution in [0.1, 0.15) is 28.9 Å². The predicted octanol–water partition coefficient (Wildman–Crippen LogP) is 1.09. The van der Waals surface area contributed by atoms with Crippen LogP contribution in [0.4, 0.5) is 5.00 Å². The zero-order valence-corrected chi connectivity index (χ0v) is 12.8. The van der Waals surface area contributed by atoms with Gasteiger partial charge >= 0.3 is 5.97 Å². The number of aromatic carboxylic acids is 1. The molecule has 2 rings (SSSR count). The summed E-state index contributed by atoms with van der Waals surface area (Å²) in [5.41, 5.74) is 0.255. The van der Waals surface area contributed by atoms with Crippen molar-refractivity contribution < 1.29 is 23.1 Å². The first-order valence-electron chi connectivity index (χ1n) is 6.10. The van der Waals surface area contributed by atoms with Gasteiger partial charge in [0.25, 0.3) is 0 Å². The molecule has 0 spiro atoms. The molecule has 1 fully saturated rings. The van der Waals surface area contributed by atoms with Gasteiger partial charge in [-0.2, -0.15) is 4.37 Å². The molecule has 0 radical (unpaired) electrons. The molecular formula is C11H16N2O5S2. The quantitative estimate of drug-likeness (QED) is 0.872. The second-order valence-corrected chi connectivity index (χ2v) is 7.43. The first-order valence-corrected chi connectivity index (χ1v) is 8.49. The molecule has 1 aliphatic heterocycles. The maximum absolute atomic E-state index is 12.3. The lowest BCUT2D eigenvalue weighted by molar-refractivity contribution is 0.0697. The van der Waals surface area contributed by atoms with Crippen molar-refractivity contribution in [1.29, 1.82) is 0 Å². The number of aromatic nitrogens is 1. The van der Waals surface area contributed by atoms with Crippen LogP contribution in [-0.2, 0) is 14.8 Å². The van der Waals surface area contributed by atoms with E-state index in [1.54, 1.807) is 6.92 Å². The van der Waals surface area contributed by atoms with Crippen molar-refractivity contribution in [2.24, 2.45) is 0 Å². The molecule has 20 heavy (non-hydrogen) atoms. The fourth-order valence-corrected chi connectivity index (χ4v) is 4.56. The number of hydrogen-bond acceptors (Lipinski definition) is 6.